The Hall–Kier alpha value is -1.88. The van der Waals surface area contributed by atoms with E-state index < -0.39 is 5.54 Å². The molecule has 1 aliphatic carbocycles. The third-order valence-corrected chi connectivity index (χ3v) is 3.75. The Bertz CT molecular complexity index is 495. The maximum absolute atomic E-state index is 11.6. The quantitative estimate of drug-likeness (QED) is 0.799. The van der Waals surface area contributed by atoms with E-state index in [4.69, 9.17) is 4.74 Å². The second-order valence-corrected chi connectivity index (χ2v) is 5.27. The summed E-state index contributed by atoms with van der Waals surface area (Å²) < 4.78 is 5.64. The Morgan fingerprint density at radius 3 is 2.58 bits per heavy atom. The summed E-state index contributed by atoms with van der Waals surface area (Å²) in [7, 11) is 0. The first kappa shape index (κ1) is 12.2. The highest BCUT2D eigenvalue weighted by atomic mass is 16.5. The molecule has 0 unspecified atom stereocenters. The SMILES string of the molecule is O=C1NC(=O)C2(CC(COCc3ccccc3)C2)N1. The lowest BCUT2D eigenvalue weighted by molar-refractivity contribution is -0.130. The number of ether oxygens (including phenoxy) is 1. The van der Waals surface area contributed by atoms with Gasteiger partial charge in [0.15, 0.2) is 0 Å². The molecule has 100 valence electrons. The lowest BCUT2D eigenvalue weighted by atomic mass is 9.68. The molecule has 1 aliphatic heterocycles. The zero-order valence-corrected chi connectivity index (χ0v) is 10.5. The summed E-state index contributed by atoms with van der Waals surface area (Å²) in [4.78, 5) is 22.7. The molecule has 0 atom stereocenters. The molecule has 1 saturated carbocycles. The number of urea groups is 1. The van der Waals surface area contributed by atoms with Gasteiger partial charge in [0, 0.05) is 0 Å². The Balaban J connectivity index is 1.43. The predicted molar refractivity (Wildman–Crippen MR) is 68.2 cm³/mol. The van der Waals surface area contributed by atoms with Gasteiger partial charge >= 0.3 is 6.03 Å². The van der Waals surface area contributed by atoms with Gasteiger partial charge in [-0.1, -0.05) is 30.3 Å². The van der Waals surface area contributed by atoms with Gasteiger partial charge in [-0.05, 0) is 24.3 Å². The smallest absolute Gasteiger partial charge is 0.322 e. The average Bonchev–Trinajstić information content (AvgIpc) is 2.65. The Kier molecular flexibility index (Phi) is 2.98. The van der Waals surface area contributed by atoms with Crippen molar-refractivity contribution in [3.8, 4) is 0 Å². The summed E-state index contributed by atoms with van der Waals surface area (Å²) in [6, 6.07) is 9.60. The van der Waals surface area contributed by atoms with Crippen molar-refractivity contribution in [2.45, 2.75) is 25.0 Å². The van der Waals surface area contributed by atoms with E-state index in [1.54, 1.807) is 0 Å². The van der Waals surface area contributed by atoms with Crippen LogP contribution in [0.3, 0.4) is 0 Å². The predicted octanol–water partition coefficient (Wildman–Crippen LogP) is 1.19. The molecule has 2 N–H and O–H groups in total. The van der Waals surface area contributed by atoms with Crippen molar-refractivity contribution in [3.05, 3.63) is 35.9 Å². The second kappa shape index (κ2) is 4.66. The first-order valence-corrected chi connectivity index (χ1v) is 6.43. The molecule has 1 saturated heterocycles. The first-order valence-electron chi connectivity index (χ1n) is 6.43. The fraction of sp³-hybridized carbons (Fsp3) is 0.429. The molecule has 2 fully saturated rings. The van der Waals surface area contributed by atoms with E-state index in [9.17, 15) is 9.59 Å². The van der Waals surface area contributed by atoms with Gasteiger partial charge in [-0.3, -0.25) is 10.1 Å². The number of carbonyl (C=O) groups is 2. The standard InChI is InChI=1S/C14H16N2O3/c17-12-14(16-13(18)15-12)6-11(7-14)9-19-8-10-4-2-1-3-5-10/h1-5,11H,6-9H2,(H2,15,16,17,18). The van der Waals surface area contributed by atoms with Crippen LogP contribution in [-0.2, 0) is 16.1 Å². The number of carbonyl (C=O) groups excluding carboxylic acids is 2. The van der Waals surface area contributed by atoms with E-state index in [0.717, 1.165) is 5.56 Å². The van der Waals surface area contributed by atoms with E-state index in [0.29, 0.717) is 32.0 Å². The number of imide groups is 1. The fourth-order valence-corrected chi connectivity index (χ4v) is 2.78. The number of nitrogens with one attached hydrogen (secondary N) is 2. The van der Waals surface area contributed by atoms with Gasteiger partial charge in [0.2, 0.25) is 0 Å². The van der Waals surface area contributed by atoms with Crippen LogP contribution in [0.2, 0.25) is 0 Å². The molecular weight excluding hydrogens is 244 g/mol. The number of amides is 3. The van der Waals surface area contributed by atoms with E-state index in [1.807, 2.05) is 30.3 Å². The van der Waals surface area contributed by atoms with Crippen LogP contribution in [0.4, 0.5) is 4.79 Å². The van der Waals surface area contributed by atoms with Crippen LogP contribution in [0.15, 0.2) is 30.3 Å². The first-order chi connectivity index (χ1) is 9.18. The molecule has 0 radical (unpaired) electrons. The summed E-state index contributed by atoms with van der Waals surface area (Å²) in [5, 5.41) is 4.98. The minimum Gasteiger partial charge on any atom is -0.376 e. The second-order valence-electron chi connectivity index (χ2n) is 5.27. The van der Waals surface area contributed by atoms with Gasteiger partial charge in [-0.2, -0.15) is 0 Å². The summed E-state index contributed by atoms with van der Waals surface area (Å²) in [6.45, 7) is 1.21. The molecule has 1 heterocycles. The van der Waals surface area contributed by atoms with Crippen LogP contribution >= 0.6 is 0 Å². The van der Waals surface area contributed by atoms with Gasteiger partial charge in [0.05, 0.1) is 13.2 Å². The van der Waals surface area contributed by atoms with Crippen LogP contribution in [0.5, 0.6) is 0 Å². The van der Waals surface area contributed by atoms with E-state index in [1.165, 1.54) is 0 Å². The molecule has 1 spiro atoms. The highest BCUT2D eigenvalue weighted by molar-refractivity contribution is 6.07. The highest BCUT2D eigenvalue weighted by Gasteiger charge is 2.55. The molecular formula is C14H16N2O3. The van der Waals surface area contributed by atoms with Gasteiger partial charge in [0.1, 0.15) is 5.54 Å². The minimum atomic E-state index is -0.655. The molecule has 5 nitrogen and oxygen atoms in total. The summed E-state index contributed by atoms with van der Waals surface area (Å²) in [5.74, 6) is 0.143. The van der Waals surface area contributed by atoms with Gasteiger partial charge in [-0.15, -0.1) is 0 Å². The maximum atomic E-state index is 11.6. The molecule has 0 aromatic heterocycles. The van der Waals surface area contributed by atoms with Crippen LogP contribution < -0.4 is 10.6 Å². The van der Waals surface area contributed by atoms with Crippen molar-refractivity contribution in [2.75, 3.05) is 6.61 Å². The molecule has 1 aromatic carbocycles. The van der Waals surface area contributed by atoms with Crippen molar-refractivity contribution in [2.24, 2.45) is 5.92 Å². The monoisotopic (exact) mass is 260 g/mol. The van der Waals surface area contributed by atoms with Crippen molar-refractivity contribution in [1.82, 2.24) is 10.6 Å². The van der Waals surface area contributed by atoms with Gasteiger partial charge in [-0.25, -0.2) is 4.79 Å². The maximum Gasteiger partial charge on any atom is 0.322 e. The zero-order chi connectivity index (χ0) is 13.3. The minimum absolute atomic E-state index is 0.197. The van der Waals surface area contributed by atoms with Crippen molar-refractivity contribution in [3.63, 3.8) is 0 Å². The normalized spacial score (nSPS) is 28.9. The van der Waals surface area contributed by atoms with Crippen LogP contribution in [0.25, 0.3) is 0 Å². The van der Waals surface area contributed by atoms with E-state index >= 15 is 0 Å². The Morgan fingerprint density at radius 1 is 1.21 bits per heavy atom. The number of benzene rings is 1. The molecule has 5 heteroatoms. The fourth-order valence-electron chi connectivity index (χ4n) is 2.78. The summed E-state index contributed by atoms with van der Waals surface area (Å²) in [5.41, 5.74) is 0.487. The van der Waals surface area contributed by atoms with Crippen molar-refractivity contribution >= 4 is 11.9 Å². The van der Waals surface area contributed by atoms with Crippen LogP contribution in [0, 0.1) is 5.92 Å². The number of hydrogen-bond donors (Lipinski definition) is 2. The third-order valence-electron chi connectivity index (χ3n) is 3.75. The third kappa shape index (κ3) is 2.33. The summed E-state index contributed by atoms with van der Waals surface area (Å²) in [6.07, 6.45) is 1.33. The lowest BCUT2D eigenvalue weighted by Gasteiger charge is -2.42. The molecule has 1 aromatic rings. The molecule has 3 rings (SSSR count). The summed E-state index contributed by atoms with van der Waals surface area (Å²) >= 11 is 0. The van der Waals surface area contributed by atoms with Crippen LogP contribution in [0.1, 0.15) is 18.4 Å². The highest BCUT2D eigenvalue weighted by Crippen LogP contribution is 2.39. The number of rotatable bonds is 4. The molecule has 2 aliphatic rings. The van der Waals surface area contributed by atoms with Crippen molar-refractivity contribution < 1.29 is 14.3 Å². The molecule has 0 bridgehead atoms. The lowest BCUT2D eigenvalue weighted by Crippen LogP contribution is -2.57. The van der Waals surface area contributed by atoms with Crippen molar-refractivity contribution in [1.29, 1.82) is 0 Å². The number of hydrogen-bond acceptors (Lipinski definition) is 3. The zero-order valence-electron chi connectivity index (χ0n) is 10.5. The van der Waals surface area contributed by atoms with E-state index in [2.05, 4.69) is 10.6 Å². The topological polar surface area (TPSA) is 67.4 Å². The largest absolute Gasteiger partial charge is 0.376 e. The Morgan fingerprint density at radius 2 is 1.95 bits per heavy atom. The van der Waals surface area contributed by atoms with E-state index in [-0.39, 0.29) is 11.9 Å². The average molecular weight is 260 g/mol. The van der Waals surface area contributed by atoms with Crippen LogP contribution in [-0.4, -0.2) is 24.1 Å². The molecule has 19 heavy (non-hydrogen) atoms. The van der Waals surface area contributed by atoms with Gasteiger partial charge in [0.25, 0.3) is 5.91 Å². The Labute approximate surface area is 111 Å². The molecule has 3 amide bonds. The van der Waals surface area contributed by atoms with Gasteiger partial charge < -0.3 is 10.1 Å².